The van der Waals surface area contributed by atoms with Gasteiger partial charge < -0.3 is 10.1 Å². The van der Waals surface area contributed by atoms with Gasteiger partial charge in [-0.15, -0.1) is 0 Å². The third-order valence-corrected chi connectivity index (χ3v) is 5.20. The Morgan fingerprint density at radius 2 is 1.74 bits per heavy atom. The maximum atomic E-state index is 12.5. The van der Waals surface area contributed by atoms with E-state index in [4.69, 9.17) is 4.74 Å². The molecule has 140 valence electrons. The Hall–Kier alpha value is -3.06. The molecule has 1 N–H and O–H groups in total. The van der Waals surface area contributed by atoms with Crippen molar-refractivity contribution in [2.45, 2.75) is 0 Å². The summed E-state index contributed by atoms with van der Waals surface area (Å²) in [4.78, 5) is 12.5. The van der Waals surface area contributed by atoms with Crippen molar-refractivity contribution in [2.24, 2.45) is 0 Å². The smallest absolute Gasteiger partial charge is 0.245 e. The number of hydrogen-bond donors (Lipinski definition) is 1. The number of amides is 1. The van der Waals surface area contributed by atoms with Gasteiger partial charge in [0.05, 0.1) is 19.1 Å². The average molecular weight is 384 g/mol. The molecule has 3 aromatic rings. The molecule has 0 aliphatic heterocycles. The van der Waals surface area contributed by atoms with Crippen molar-refractivity contribution < 1.29 is 17.9 Å². The fraction of sp³-hybridized carbons (Fsp3) is 0.150. The zero-order valence-electron chi connectivity index (χ0n) is 15.0. The monoisotopic (exact) mass is 384 g/mol. The topological polar surface area (TPSA) is 75.7 Å². The van der Waals surface area contributed by atoms with Gasteiger partial charge in [-0.05, 0) is 23.6 Å². The molecule has 3 rings (SSSR count). The second-order valence-electron chi connectivity index (χ2n) is 6.05. The summed E-state index contributed by atoms with van der Waals surface area (Å²) in [5.74, 6) is 0.156. The Kier molecular flexibility index (Phi) is 5.32. The molecule has 0 aliphatic rings. The zero-order chi connectivity index (χ0) is 19.4. The fourth-order valence-corrected chi connectivity index (χ4v) is 3.71. The number of sulfonamides is 1. The van der Waals surface area contributed by atoms with E-state index < -0.39 is 15.9 Å². The third-order valence-electron chi connectivity index (χ3n) is 4.08. The minimum absolute atomic E-state index is 0.329. The van der Waals surface area contributed by atoms with Crippen molar-refractivity contribution in [3.05, 3.63) is 66.7 Å². The highest BCUT2D eigenvalue weighted by Crippen LogP contribution is 2.28. The predicted octanol–water partition coefficient (Wildman–Crippen LogP) is 3.25. The standard InChI is InChI=1S/C20H20N2O4S/c1-26-17-10-6-9-16(13-17)21-20(23)14-22(27(2,24)25)19-12-5-8-15-7-3-4-11-18(15)19/h3-13H,14H2,1-2H3,(H,21,23). The first kappa shape index (κ1) is 18.7. The van der Waals surface area contributed by atoms with E-state index in [1.165, 1.54) is 7.11 Å². The van der Waals surface area contributed by atoms with Crippen LogP contribution in [-0.2, 0) is 14.8 Å². The molecule has 6 nitrogen and oxygen atoms in total. The molecule has 0 spiro atoms. The molecule has 3 aromatic carbocycles. The summed E-state index contributed by atoms with van der Waals surface area (Å²) in [6, 6.07) is 19.7. The Morgan fingerprint density at radius 1 is 1.04 bits per heavy atom. The number of anilines is 2. The number of methoxy groups -OCH3 is 1. The number of ether oxygens (including phenoxy) is 1. The van der Waals surface area contributed by atoms with Crippen LogP contribution in [0.1, 0.15) is 0 Å². The molecule has 0 saturated carbocycles. The molecule has 0 radical (unpaired) electrons. The van der Waals surface area contributed by atoms with E-state index in [0.29, 0.717) is 17.1 Å². The zero-order valence-corrected chi connectivity index (χ0v) is 15.9. The number of nitrogens with one attached hydrogen (secondary N) is 1. The molecular weight excluding hydrogens is 364 g/mol. The lowest BCUT2D eigenvalue weighted by Gasteiger charge is -2.23. The molecule has 0 aromatic heterocycles. The third kappa shape index (κ3) is 4.38. The maximum Gasteiger partial charge on any atom is 0.245 e. The number of rotatable bonds is 6. The number of fused-ring (bicyclic) bond motifs is 1. The molecule has 27 heavy (non-hydrogen) atoms. The van der Waals surface area contributed by atoms with E-state index in [-0.39, 0.29) is 6.54 Å². The average Bonchev–Trinajstić information content (AvgIpc) is 2.65. The van der Waals surface area contributed by atoms with Gasteiger partial charge in [-0.25, -0.2) is 8.42 Å². The maximum absolute atomic E-state index is 12.5. The van der Waals surface area contributed by atoms with Crippen molar-refractivity contribution in [1.29, 1.82) is 0 Å². The van der Waals surface area contributed by atoms with Gasteiger partial charge >= 0.3 is 0 Å². The van der Waals surface area contributed by atoms with Crippen LogP contribution in [0.25, 0.3) is 10.8 Å². The number of hydrogen-bond acceptors (Lipinski definition) is 4. The Balaban J connectivity index is 1.91. The van der Waals surface area contributed by atoms with Crippen molar-refractivity contribution in [2.75, 3.05) is 29.5 Å². The van der Waals surface area contributed by atoms with Gasteiger partial charge in [-0.3, -0.25) is 9.10 Å². The lowest BCUT2D eigenvalue weighted by atomic mass is 10.1. The van der Waals surface area contributed by atoms with Crippen LogP contribution in [0.5, 0.6) is 5.75 Å². The van der Waals surface area contributed by atoms with E-state index in [2.05, 4.69) is 5.32 Å². The van der Waals surface area contributed by atoms with E-state index in [0.717, 1.165) is 21.3 Å². The Bertz CT molecular complexity index is 1070. The normalized spacial score (nSPS) is 11.2. The molecule has 0 fully saturated rings. The van der Waals surface area contributed by atoms with Gasteiger partial charge in [-0.2, -0.15) is 0 Å². The van der Waals surface area contributed by atoms with Crippen LogP contribution in [0, 0.1) is 0 Å². The van der Waals surface area contributed by atoms with Gasteiger partial charge in [0.25, 0.3) is 0 Å². The summed E-state index contributed by atoms with van der Waals surface area (Å²) >= 11 is 0. The van der Waals surface area contributed by atoms with Gasteiger partial charge in [0.1, 0.15) is 12.3 Å². The lowest BCUT2D eigenvalue weighted by molar-refractivity contribution is -0.114. The predicted molar refractivity (Wildman–Crippen MR) is 108 cm³/mol. The van der Waals surface area contributed by atoms with Crippen LogP contribution >= 0.6 is 0 Å². The van der Waals surface area contributed by atoms with Crippen molar-refractivity contribution >= 4 is 38.1 Å². The quantitative estimate of drug-likeness (QED) is 0.708. The van der Waals surface area contributed by atoms with Gasteiger partial charge in [0, 0.05) is 17.1 Å². The minimum atomic E-state index is -3.66. The van der Waals surface area contributed by atoms with E-state index in [9.17, 15) is 13.2 Å². The van der Waals surface area contributed by atoms with E-state index in [1.54, 1.807) is 36.4 Å². The van der Waals surface area contributed by atoms with Gasteiger partial charge in [-0.1, -0.05) is 42.5 Å². The van der Waals surface area contributed by atoms with Gasteiger partial charge in [0.2, 0.25) is 15.9 Å². The molecule has 0 atom stereocenters. The molecule has 0 heterocycles. The minimum Gasteiger partial charge on any atom is -0.497 e. The molecule has 7 heteroatoms. The van der Waals surface area contributed by atoms with Crippen LogP contribution in [0.2, 0.25) is 0 Å². The molecule has 0 aliphatic carbocycles. The number of carbonyl (C=O) groups excluding carboxylic acids is 1. The summed E-state index contributed by atoms with van der Waals surface area (Å²) in [6.45, 7) is -0.329. The summed E-state index contributed by atoms with van der Waals surface area (Å²) in [5, 5.41) is 4.38. The number of benzene rings is 3. The molecule has 0 unspecified atom stereocenters. The lowest BCUT2D eigenvalue weighted by Crippen LogP contribution is -2.37. The molecule has 0 bridgehead atoms. The van der Waals surface area contributed by atoms with Crippen molar-refractivity contribution in [1.82, 2.24) is 0 Å². The summed E-state index contributed by atoms with van der Waals surface area (Å²) in [5.41, 5.74) is 1.00. The van der Waals surface area contributed by atoms with Crippen LogP contribution in [0.4, 0.5) is 11.4 Å². The summed E-state index contributed by atoms with van der Waals surface area (Å²) in [7, 11) is -2.13. The highest BCUT2D eigenvalue weighted by molar-refractivity contribution is 7.92. The molecule has 1 amide bonds. The number of nitrogens with zero attached hydrogens (tertiary/aromatic N) is 1. The largest absolute Gasteiger partial charge is 0.497 e. The van der Waals surface area contributed by atoms with E-state index >= 15 is 0 Å². The van der Waals surface area contributed by atoms with Gasteiger partial charge in [0.15, 0.2) is 0 Å². The fourth-order valence-electron chi connectivity index (χ4n) is 2.84. The first-order valence-corrected chi connectivity index (χ1v) is 10.1. The highest BCUT2D eigenvalue weighted by Gasteiger charge is 2.22. The van der Waals surface area contributed by atoms with Crippen molar-refractivity contribution in [3.8, 4) is 5.75 Å². The second-order valence-corrected chi connectivity index (χ2v) is 7.95. The second kappa shape index (κ2) is 7.67. The highest BCUT2D eigenvalue weighted by atomic mass is 32.2. The molecule has 0 saturated heterocycles. The SMILES string of the molecule is COc1cccc(NC(=O)CN(c2cccc3ccccc23)S(C)(=O)=O)c1. The number of carbonyl (C=O) groups is 1. The van der Waals surface area contributed by atoms with Crippen LogP contribution in [0.15, 0.2) is 66.7 Å². The summed E-state index contributed by atoms with van der Waals surface area (Å²) < 4.78 is 31.0. The summed E-state index contributed by atoms with van der Waals surface area (Å²) in [6.07, 6.45) is 1.09. The van der Waals surface area contributed by atoms with Crippen LogP contribution in [-0.4, -0.2) is 34.2 Å². The Morgan fingerprint density at radius 3 is 2.48 bits per heavy atom. The first-order chi connectivity index (χ1) is 12.9. The Labute approximate surface area is 158 Å². The van der Waals surface area contributed by atoms with Crippen LogP contribution < -0.4 is 14.4 Å². The van der Waals surface area contributed by atoms with E-state index in [1.807, 2.05) is 30.3 Å². The van der Waals surface area contributed by atoms with Crippen molar-refractivity contribution in [3.63, 3.8) is 0 Å². The molecular formula is C20H20N2O4S. The van der Waals surface area contributed by atoms with Crippen LogP contribution in [0.3, 0.4) is 0 Å². The first-order valence-electron chi connectivity index (χ1n) is 8.28.